The van der Waals surface area contributed by atoms with Crippen LogP contribution in [0.4, 0.5) is 0 Å². The number of morpholine rings is 1. The van der Waals surface area contributed by atoms with E-state index >= 15 is 0 Å². The van der Waals surface area contributed by atoms with Crippen LogP contribution in [-0.2, 0) is 4.74 Å². The maximum absolute atomic E-state index is 12.7. The summed E-state index contributed by atoms with van der Waals surface area (Å²) in [4.78, 5) is 25.9. The molecule has 2 aromatic heterocycles. The second-order valence-corrected chi connectivity index (χ2v) is 6.09. The van der Waals surface area contributed by atoms with Crippen LogP contribution in [0, 0.1) is 6.92 Å². The van der Waals surface area contributed by atoms with Crippen LogP contribution in [0.3, 0.4) is 0 Å². The number of carboxylic acid groups (broad SMARTS) is 1. The summed E-state index contributed by atoms with van der Waals surface area (Å²) < 4.78 is 11.1. The van der Waals surface area contributed by atoms with E-state index < -0.39 is 5.97 Å². The number of nitrogens with zero attached hydrogens (tertiary/aromatic N) is 1. The summed E-state index contributed by atoms with van der Waals surface area (Å²) in [6.07, 6.45) is 0. The fourth-order valence-electron chi connectivity index (χ4n) is 2.42. The van der Waals surface area contributed by atoms with Crippen molar-refractivity contribution in [2.75, 3.05) is 19.8 Å². The molecule has 7 heteroatoms. The minimum Gasteiger partial charge on any atom is -0.477 e. The molecule has 1 aliphatic heterocycles. The Morgan fingerprint density at radius 3 is 2.68 bits per heavy atom. The lowest BCUT2D eigenvalue weighted by Crippen LogP contribution is -2.43. The van der Waals surface area contributed by atoms with Crippen molar-refractivity contribution in [3.8, 4) is 0 Å². The number of amides is 1. The first-order chi connectivity index (χ1) is 10.6. The number of thiophene rings is 1. The number of rotatable bonds is 3. The first-order valence-corrected chi connectivity index (χ1v) is 7.66. The van der Waals surface area contributed by atoms with Crippen molar-refractivity contribution in [1.82, 2.24) is 4.90 Å². The van der Waals surface area contributed by atoms with Crippen LogP contribution in [0.15, 0.2) is 28.7 Å². The highest BCUT2D eigenvalue weighted by Crippen LogP contribution is 2.29. The molecule has 1 fully saturated rings. The van der Waals surface area contributed by atoms with E-state index in [0.29, 0.717) is 30.4 Å². The number of aromatic carboxylic acids is 1. The van der Waals surface area contributed by atoms with Gasteiger partial charge in [-0.2, -0.15) is 0 Å². The zero-order valence-corrected chi connectivity index (χ0v) is 12.8. The molecule has 2 aromatic rings. The molecule has 6 nitrogen and oxygen atoms in total. The number of hydrogen-bond acceptors (Lipinski definition) is 5. The number of aryl methyl sites for hydroxylation is 1. The topological polar surface area (TPSA) is 80.0 Å². The van der Waals surface area contributed by atoms with Gasteiger partial charge in [-0.1, -0.05) is 0 Å². The Kier molecular flexibility index (Phi) is 4.00. The molecule has 0 unspecified atom stereocenters. The van der Waals surface area contributed by atoms with Gasteiger partial charge in [0.05, 0.1) is 18.1 Å². The van der Waals surface area contributed by atoms with Crippen molar-refractivity contribution in [3.05, 3.63) is 45.5 Å². The molecule has 0 spiro atoms. The minimum atomic E-state index is -1.02. The van der Waals surface area contributed by atoms with Crippen LogP contribution in [0.2, 0.25) is 0 Å². The molecule has 0 bridgehead atoms. The van der Waals surface area contributed by atoms with Gasteiger partial charge in [0.15, 0.2) is 0 Å². The molecule has 0 aromatic carbocycles. The van der Waals surface area contributed by atoms with Gasteiger partial charge in [-0.05, 0) is 31.2 Å². The third-order valence-corrected chi connectivity index (χ3v) is 4.57. The standard InChI is InChI=1S/C15H15NO5S/c1-9-2-3-11(21-9)10-8-20-7-6-16(10)14(17)12-4-5-13(22-12)15(18)19/h2-5,10H,6-8H2,1H3,(H,18,19)/t10-/m1/s1. The van der Waals surface area contributed by atoms with Crippen LogP contribution in [0.5, 0.6) is 0 Å². The van der Waals surface area contributed by atoms with E-state index in [0.717, 1.165) is 17.1 Å². The predicted molar refractivity (Wildman–Crippen MR) is 79.3 cm³/mol. The molecule has 3 rings (SSSR count). The Morgan fingerprint density at radius 1 is 1.27 bits per heavy atom. The Labute approximate surface area is 130 Å². The van der Waals surface area contributed by atoms with Crippen LogP contribution >= 0.6 is 11.3 Å². The Hall–Kier alpha value is -2.12. The van der Waals surface area contributed by atoms with Gasteiger partial charge in [0.1, 0.15) is 22.4 Å². The quantitative estimate of drug-likeness (QED) is 0.940. The molecule has 1 saturated heterocycles. The first kappa shape index (κ1) is 14.8. The third-order valence-electron chi connectivity index (χ3n) is 3.51. The second kappa shape index (κ2) is 5.94. The van der Waals surface area contributed by atoms with E-state index in [1.54, 1.807) is 11.0 Å². The van der Waals surface area contributed by atoms with Crippen molar-refractivity contribution < 1.29 is 23.8 Å². The Balaban J connectivity index is 1.86. The zero-order chi connectivity index (χ0) is 15.7. The smallest absolute Gasteiger partial charge is 0.345 e. The molecule has 1 amide bonds. The van der Waals surface area contributed by atoms with Crippen LogP contribution < -0.4 is 0 Å². The van der Waals surface area contributed by atoms with Gasteiger partial charge in [-0.3, -0.25) is 4.79 Å². The third kappa shape index (κ3) is 2.77. The molecular weight excluding hydrogens is 306 g/mol. The molecular formula is C15H15NO5S. The predicted octanol–water partition coefficient (Wildman–Crippen LogP) is 2.56. The summed E-state index contributed by atoms with van der Waals surface area (Å²) in [6, 6.07) is 6.40. The van der Waals surface area contributed by atoms with Gasteiger partial charge < -0.3 is 19.2 Å². The summed E-state index contributed by atoms with van der Waals surface area (Å²) in [5, 5.41) is 8.97. The van der Waals surface area contributed by atoms with Crippen LogP contribution in [0.25, 0.3) is 0 Å². The SMILES string of the molecule is Cc1ccc([C@H]2COCCN2C(=O)c2ccc(C(=O)O)s2)o1. The lowest BCUT2D eigenvalue weighted by atomic mass is 10.1. The van der Waals surface area contributed by atoms with Crippen molar-refractivity contribution >= 4 is 23.2 Å². The molecule has 0 radical (unpaired) electrons. The lowest BCUT2D eigenvalue weighted by molar-refractivity contribution is -0.00869. The van der Waals surface area contributed by atoms with Gasteiger partial charge in [-0.15, -0.1) is 11.3 Å². The average Bonchev–Trinajstić information content (AvgIpc) is 3.15. The number of hydrogen-bond donors (Lipinski definition) is 1. The summed E-state index contributed by atoms with van der Waals surface area (Å²) in [6.45, 7) is 3.12. The molecule has 116 valence electrons. The number of carbonyl (C=O) groups excluding carboxylic acids is 1. The molecule has 22 heavy (non-hydrogen) atoms. The Morgan fingerprint density at radius 2 is 2.05 bits per heavy atom. The minimum absolute atomic E-state index is 0.155. The van der Waals surface area contributed by atoms with Crippen molar-refractivity contribution in [2.24, 2.45) is 0 Å². The number of ether oxygens (including phenoxy) is 1. The fraction of sp³-hybridized carbons (Fsp3) is 0.333. The first-order valence-electron chi connectivity index (χ1n) is 6.84. The zero-order valence-electron chi connectivity index (χ0n) is 11.9. The van der Waals surface area contributed by atoms with Gasteiger partial charge >= 0.3 is 5.97 Å². The molecule has 3 heterocycles. The highest BCUT2D eigenvalue weighted by atomic mass is 32.1. The van der Waals surface area contributed by atoms with Gasteiger partial charge in [0.2, 0.25) is 0 Å². The molecule has 1 aliphatic rings. The van der Waals surface area contributed by atoms with Crippen molar-refractivity contribution in [3.63, 3.8) is 0 Å². The summed E-state index contributed by atoms with van der Waals surface area (Å²) in [5.74, 6) is 0.238. The fourth-order valence-corrected chi connectivity index (χ4v) is 3.23. The number of carboxylic acids is 1. The molecule has 0 aliphatic carbocycles. The maximum atomic E-state index is 12.7. The summed E-state index contributed by atoms with van der Waals surface area (Å²) >= 11 is 0.983. The van der Waals surface area contributed by atoms with E-state index in [1.807, 2.05) is 19.1 Å². The Bertz CT molecular complexity index is 704. The molecule has 1 N–H and O–H groups in total. The second-order valence-electron chi connectivity index (χ2n) is 5.01. The normalized spacial score (nSPS) is 18.4. The van der Waals surface area contributed by atoms with Crippen molar-refractivity contribution in [2.45, 2.75) is 13.0 Å². The maximum Gasteiger partial charge on any atom is 0.345 e. The van der Waals surface area contributed by atoms with E-state index in [-0.39, 0.29) is 16.8 Å². The van der Waals surface area contributed by atoms with Gasteiger partial charge in [0.25, 0.3) is 5.91 Å². The molecule has 0 saturated carbocycles. The van der Waals surface area contributed by atoms with E-state index in [9.17, 15) is 9.59 Å². The van der Waals surface area contributed by atoms with Crippen LogP contribution in [0.1, 0.15) is 36.9 Å². The lowest BCUT2D eigenvalue weighted by Gasteiger charge is -2.34. The highest BCUT2D eigenvalue weighted by Gasteiger charge is 2.32. The largest absolute Gasteiger partial charge is 0.477 e. The number of carbonyl (C=O) groups is 2. The number of furan rings is 1. The van der Waals surface area contributed by atoms with Gasteiger partial charge in [-0.25, -0.2) is 4.79 Å². The summed E-state index contributed by atoms with van der Waals surface area (Å²) in [5.41, 5.74) is 0. The molecule has 1 atom stereocenters. The van der Waals surface area contributed by atoms with Gasteiger partial charge in [0, 0.05) is 6.54 Å². The van der Waals surface area contributed by atoms with E-state index in [1.165, 1.54) is 6.07 Å². The highest BCUT2D eigenvalue weighted by molar-refractivity contribution is 7.15. The van der Waals surface area contributed by atoms with Crippen molar-refractivity contribution in [1.29, 1.82) is 0 Å². The summed E-state index contributed by atoms with van der Waals surface area (Å²) in [7, 11) is 0. The van der Waals surface area contributed by atoms with E-state index in [2.05, 4.69) is 0 Å². The monoisotopic (exact) mass is 321 g/mol. The van der Waals surface area contributed by atoms with Crippen LogP contribution in [-0.4, -0.2) is 41.6 Å². The average molecular weight is 321 g/mol. The van der Waals surface area contributed by atoms with E-state index in [4.69, 9.17) is 14.3 Å².